The van der Waals surface area contributed by atoms with E-state index in [0.29, 0.717) is 5.92 Å². The lowest BCUT2D eigenvalue weighted by molar-refractivity contribution is 0.0765. The topological polar surface area (TPSA) is 28.3 Å². The highest BCUT2D eigenvalue weighted by Crippen LogP contribution is 2.49. The summed E-state index contributed by atoms with van der Waals surface area (Å²) in [5.74, 6) is 1.54. The summed E-state index contributed by atoms with van der Waals surface area (Å²) >= 11 is 0. The number of nitrogens with zero attached hydrogens (tertiary/aromatic N) is 1. The Hall–Kier alpha value is -3.04. The van der Waals surface area contributed by atoms with Gasteiger partial charge in [0.25, 0.3) is 0 Å². The predicted molar refractivity (Wildman–Crippen MR) is 135 cm³/mol. The van der Waals surface area contributed by atoms with E-state index in [1.165, 1.54) is 45.3 Å². The number of aromatic amines is 1. The second-order valence-electron chi connectivity index (χ2n) is 10.1. The fourth-order valence-corrected chi connectivity index (χ4v) is 6.34. The second-order valence-corrected chi connectivity index (χ2v) is 10.1. The average Bonchev–Trinajstić information content (AvgIpc) is 3.21. The number of nitrogens with one attached hydrogen (secondary N) is 1. The van der Waals surface area contributed by atoms with E-state index >= 15 is 0 Å². The second kappa shape index (κ2) is 8.07. The standard InChI is InChI=1S/C30H32N2O/c1-21-10-12-22(13-11-21)19-32-15-14-30(23-6-5-7-25(16-23)33-2)18-29-27(17-24(30)20-32)26-8-3-4-9-28(26)31-29/h3-13,16,24,31H,14-15,17-20H2,1-2H3/t24?,30-/m1/s1. The highest BCUT2D eigenvalue weighted by molar-refractivity contribution is 5.85. The van der Waals surface area contributed by atoms with Crippen molar-refractivity contribution in [2.45, 2.75) is 38.1 Å². The molecule has 1 aliphatic carbocycles. The fraction of sp³-hybridized carbons (Fsp3) is 0.333. The zero-order valence-electron chi connectivity index (χ0n) is 19.6. The van der Waals surface area contributed by atoms with Crippen LogP contribution in [0.5, 0.6) is 5.75 Å². The highest BCUT2D eigenvalue weighted by Gasteiger charge is 2.48. The first kappa shape index (κ1) is 20.6. The SMILES string of the molecule is COc1cccc([C@]23CCN(Cc4ccc(C)cc4)CC2Cc2c([nH]c4ccccc24)C3)c1. The Kier molecular flexibility index (Phi) is 5.03. The molecular weight excluding hydrogens is 404 g/mol. The van der Waals surface area contributed by atoms with Gasteiger partial charge in [-0.25, -0.2) is 0 Å². The van der Waals surface area contributed by atoms with Crippen molar-refractivity contribution < 1.29 is 4.74 Å². The Labute approximate surface area is 196 Å². The number of likely N-dealkylation sites (tertiary alicyclic amines) is 1. The van der Waals surface area contributed by atoms with Crippen molar-refractivity contribution in [3.63, 3.8) is 0 Å². The number of hydrogen-bond acceptors (Lipinski definition) is 2. The molecule has 0 saturated carbocycles. The Morgan fingerprint density at radius 3 is 2.73 bits per heavy atom. The minimum Gasteiger partial charge on any atom is -0.497 e. The number of aromatic nitrogens is 1. The molecule has 168 valence electrons. The van der Waals surface area contributed by atoms with Crippen LogP contribution in [0.3, 0.4) is 0 Å². The zero-order chi connectivity index (χ0) is 22.4. The molecule has 3 nitrogen and oxygen atoms in total. The van der Waals surface area contributed by atoms with Crippen LogP contribution in [-0.4, -0.2) is 30.1 Å². The third-order valence-corrected chi connectivity index (χ3v) is 8.15. The molecule has 1 N–H and O–H groups in total. The molecule has 3 heteroatoms. The molecule has 0 bridgehead atoms. The Bertz CT molecular complexity index is 1290. The first-order valence-electron chi connectivity index (χ1n) is 12.2. The molecule has 2 aliphatic rings. The molecule has 6 rings (SSSR count). The van der Waals surface area contributed by atoms with Crippen molar-refractivity contribution in [2.75, 3.05) is 20.2 Å². The van der Waals surface area contributed by atoms with Crippen LogP contribution in [0.4, 0.5) is 0 Å². The van der Waals surface area contributed by atoms with E-state index in [9.17, 15) is 0 Å². The predicted octanol–water partition coefficient (Wildman–Crippen LogP) is 6.04. The minimum absolute atomic E-state index is 0.145. The molecule has 2 heterocycles. The molecule has 0 spiro atoms. The number of piperidine rings is 1. The molecule has 1 aliphatic heterocycles. The van der Waals surface area contributed by atoms with Gasteiger partial charge in [0.05, 0.1) is 7.11 Å². The van der Waals surface area contributed by atoms with Crippen LogP contribution in [0.25, 0.3) is 10.9 Å². The van der Waals surface area contributed by atoms with Crippen LogP contribution < -0.4 is 4.74 Å². The Morgan fingerprint density at radius 1 is 1.03 bits per heavy atom. The molecule has 0 radical (unpaired) electrons. The molecule has 2 atom stereocenters. The van der Waals surface area contributed by atoms with Gasteiger partial charge in [0.2, 0.25) is 0 Å². The summed E-state index contributed by atoms with van der Waals surface area (Å²) < 4.78 is 5.63. The van der Waals surface area contributed by atoms with E-state index in [0.717, 1.165) is 38.2 Å². The Morgan fingerprint density at radius 2 is 1.88 bits per heavy atom. The van der Waals surface area contributed by atoms with Gasteiger partial charge in [0.15, 0.2) is 0 Å². The summed E-state index contributed by atoms with van der Waals surface area (Å²) in [4.78, 5) is 6.46. The first-order chi connectivity index (χ1) is 16.1. The van der Waals surface area contributed by atoms with Crippen molar-refractivity contribution in [1.82, 2.24) is 9.88 Å². The maximum absolute atomic E-state index is 5.63. The van der Waals surface area contributed by atoms with Crippen LogP contribution in [-0.2, 0) is 24.8 Å². The number of benzene rings is 3. The lowest BCUT2D eigenvalue weighted by Crippen LogP contribution is -2.53. The average molecular weight is 437 g/mol. The van der Waals surface area contributed by atoms with Gasteiger partial charge in [-0.3, -0.25) is 4.90 Å². The quantitative estimate of drug-likeness (QED) is 0.422. The molecule has 33 heavy (non-hydrogen) atoms. The minimum atomic E-state index is 0.145. The Balaban J connectivity index is 1.39. The van der Waals surface area contributed by atoms with Gasteiger partial charge < -0.3 is 9.72 Å². The smallest absolute Gasteiger partial charge is 0.119 e. The van der Waals surface area contributed by atoms with Gasteiger partial charge >= 0.3 is 0 Å². The number of H-pyrrole nitrogens is 1. The van der Waals surface area contributed by atoms with Crippen LogP contribution in [0.2, 0.25) is 0 Å². The summed E-state index contributed by atoms with van der Waals surface area (Å²) in [5, 5.41) is 1.41. The fourth-order valence-electron chi connectivity index (χ4n) is 6.34. The molecular formula is C30H32N2O. The van der Waals surface area contributed by atoms with Crippen LogP contribution in [0.15, 0.2) is 72.8 Å². The van der Waals surface area contributed by atoms with Gasteiger partial charge in [-0.05, 0) is 73.5 Å². The van der Waals surface area contributed by atoms with Crippen LogP contribution >= 0.6 is 0 Å². The lowest BCUT2D eigenvalue weighted by atomic mass is 9.58. The summed E-state index contributed by atoms with van der Waals surface area (Å²) in [5.41, 5.74) is 8.57. The number of methoxy groups -OCH3 is 1. The molecule has 0 amide bonds. The molecule has 1 aromatic heterocycles. The maximum atomic E-state index is 5.63. The van der Waals surface area contributed by atoms with Gasteiger partial charge in [-0.15, -0.1) is 0 Å². The molecule has 3 aromatic carbocycles. The van der Waals surface area contributed by atoms with E-state index in [2.05, 4.69) is 89.6 Å². The van der Waals surface area contributed by atoms with Gasteiger partial charge in [-0.2, -0.15) is 0 Å². The van der Waals surface area contributed by atoms with E-state index in [1.807, 2.05) is 0 Å². The maximum Gasteiger partial charge on any atom is 0.119 e. The van der Waals surface area contributed by atoms with Crippen molar-refractivity contribution >= 4 is 10.9 Å². The van der Waals surface area contributed by atoms with Crippen molar-refractivity contribution in [2.24, 2.45) is 5.92 Å². The van der Waals surface area contributed by atoms with Gasteiger partial charge in [0.1, 0.15) is 5.75 Å². The van der Waals surface area contributed by atoms with E-state index < -0.39 is 0 Å². The lowest BCUT2D eigenvalue weighted by Gasteiger charge is -2.51. The first-order valence-corrected chi connectivity index (χ1v) is 12.2. The zero-order valence-corrected chi connectivity index (χ0v) is 19.6. The van der Waals surface area contributed by atoms with Gasteiger partial charge in [0, 0.05) is 35.1 Å². The summed E-state index contributed by atoms with van der Waals surface area (Å²) in [7, 11) is 1.77. The number of fused-ring (bicyclic) bond motifs is 4. The normalized spacial score (nSPS) is 22.7. The molecule has 4 aromatic rings. The van der Waals surface area contributed by atoms with Gasteiger partial charge in [-0.1, -0.05) is 60.2 Å². The third kappa shape index (κ3) is 3.55. The third-order valence-electron chi connectivity index (χ3n) is 8.15. The summed E-state index contributed by atoms with van der Waals surface area (Å²) in [6.07, 6.45) is 3.37. The van der Waals surface area contributed by atoms with Crippen molar-refractivity contribution in [1.29, 1.82) is 0 Å². The van der Waals surface area contributed by atoms with E-state index in [4.69, 9.17) is 4.74 Å². The summed E-state index contributed by atoms with van der Waals surface area (Å²) in [6.45, 7) is 5.45. The summed E-state index contributed by atoms with van der Waals surface area (Å²) in [6, 6.07) is 26.7. The monoisotopic (exact) mass is 436 g/mol. The van der Waals surface area contributed by atoms with E-state index in [-0.39, 0.29) is 5.41 Å². The van der Waals surface area contributed by atoms with Crippen molar-refractivity contribution in [3.05, 3.63) is 101 Å². The molecule has 1 fully saturated rings. The van der Waals surface area contributed by atoms with E-state index in [1.54, 1.807) is 7.11 Å². The number of para-hydroxylation sites is 1. The molecule has 1 unspecified atom stereocenters. The number of rotatable bonds is 4. The number of ether oxygens (including phenoxy) is 1. The number of hydrogen-bond donors (Lipinski definition) is 1. The van der Waals surface area contributed by atoms with Crippen LogP contribution in [0.1, 0.15) is 34.4 Å². The molecule has 1 saturated heterocycles. The number of aryl methyl sites for hydroxylation is 1. The largest absolute Gasteiger partial charge is 0.497 e. The van der Waals surface area contributed by atoms with Crippen LogP contribution in [0, 0.1) is 12.8 Å². The highest BCUT2D eigenvalue weighted by atomic mass is 16.5. The van der Waals surface area contributed by atoms with Crippen molar-refractivity contribution in [3.8, 4) is 5.75 Å².